The van der Waals surface area contributed by atoms with Gasteiger partial charge >= 0.3 is 0 Å². The maximum absolute atomic E-state index is 5.78. The van der Waals surface area contributed by atoms with Gasteiger partial charge in [0.25, 0.3) is 0 Å². The first-order valence-electron chi connectivity index (χ1n) is 9.02. The summed E-state index contributed by atoms with van der Waals surface area (Å²) in [4.78, 5) is 13.3. The maximum atomic E-state index is 5.78. The van der Waals surface area contributed by atoms with E-state index >= 15 is 0 Å². The minimum Gasteiger partial charge on any atom is -0.368 e. The number of nitrogen functional groups attached to an aromatic ring is 1. The third kappa shape index (κ3) is 5.22. The minimum absolute atomic E-state index is 0. The highest BCUT2D eigenvalue weighted by molar-refractivity contribution is 5.85. The molecule has 3 N–H and O–H groups in total. The van der Waals surface area contributed by atoms with Crippen molar-refractivity contribution in [2.75, 3.05) is 43.4 Å². The SMILES string of the molecule is Cc1cc(N2CCN(Cc3cc4n(n3)CCCNC4)CC2)nc(N)n1.Cl.Cl. The Morgan fingerprint density at radius 3 is 2.59 bits per heavy atom. The van der Waals surface area contributed by atoms with Crippen molar-refractivity contribution in [3.05, 3.63) is 29.2 Å². The lowest BCUT2D eigenvalue weighted by molar-refractivity contribution is 0.245. The zero-order valence-corrected chi connectivity index (χ0v) is 17.2. The molecule has 0 saturated carbocycles. The maximum Gasteiger partial charge on any atom is 0.222 e. The quantitative estimate of drug-likeness (QED) is 0.780. The lowest BCUT2D eigenvalue weighted by Gasteiger charge is -2.35. The first-order chi connectivity index (χ1) is 12.2. The van der Waals surface area contributed by atoms with Crippen molar-refractivity contribution >= 4 is 36.6 Å². The summed E-state index contributed by atoms with van der Waals surface area (Å²) in [7, 11) is 0. The second-order valence-corrected chi connectivity index (χ2v) is 6.87. The fraction of sp³-hybridized carbons (Fsp3) is 0.588. The van der Waals surface area contributed by atoms with E-state index in [1.807, 2.05) is 13.0 Å². The summed E-state index contributed by atoms with van der Waals surface area (Å²) in [6.07, 6.45) is 1.15. The second-order valence-electron chi connectivity index (χ2n) is 6.87. The Hall–Kier alpha value is -1.61. The number of nitrogens with zero attached hydrogens (tertiary/aromatic N) is 6. The summed E-state index contributed by atoms with van der Waals surface area (Å²) in [5.74, 6) is 1.29. The van der Waals surface area contributed by atoms with Crippen LogP contribution in [-0.2, 0) is 19.6 Å². The largest absolute Gasteiger partial charge is 0.368 e. The molecule has 0 atom stereocenters. The van der Waals surface area contributed by atoms with Crippen LogP contribution in [0.15, 0.2) is 12.1 Å². The Balaban J connectivity index is 0.00000131. The predicted octanol–water partition coefficient (Wildman–Crippen LogP) is 1.22. The summed E-state index contributed by atoms with van der Waals surface area (Å²) in [6.45, 7) is 9.80. The molecule has 0 amide bonds. The molecular formula is C17H28Cl2N8. The van der Waals surface area contributed by atoms with Crippen LogP contribution in [0.1, 0.15) is 23.5 Å². The molecule has 2 aliphatic rings. The number of piperazine rings is 1. The van der Waals surface area contributed by atoms with E-state index in [1.54, 1.807) is 0 Å². The zero-order chi connectivity index (χ0) is 17.2. The number of fused-ring (bicyclic) bond motifs is 1. The van der Waals surface area contributed by atoms with Crippen LogP contribution in [0, 0.1) is 6.92 Å². The average Bonchev–Trinajstić information content (AvgIpc) is 2.83. The van der Waals surface area contributed by atoms with Gasteiger partial charge in [-0.2, -0.15) is 10.1 Å². The van der Waals surface area contributed by atoms with E-state index in [-0.39, 0.29) is 24.8 Å². The average molecular weight is 415 g/mol. The van der Waals surface area contributed by atoms with Gasteiger partial charge in [-0.15, -0.1) is 24.8 Å². The number of nitrogens with two attached hydrogens (primary N) is 1. The molecule has 0 aliphatic carbocycles. The highest BCUT2D eigenvalue weighted by atomic mass is 35.5. The standard InChI is InChI=1S/C17H26N8.2ClH/c1-13-9-16(21-17(18)20-13)24-7-5-23(6-8-24)12-14-10-15-11-19-3-2-4-25(15)22-14;;/h9-10,19H,2-8,11-12H2,1H3,(H2,18,20,21);2*1H. The van der Waals surface area contributed by atoms with Crippen LogP contribution in [0.2, 0.25) is 0 Å². The van der Waals surface area contributed by atoms with Crippen LogP contribution in [0.5, 0.6) is 0 Å². The van der Waals surface area contributed by atoms with Crippen LogP contribution < -0.4 is 16.0 Å². The van der Waals surface area contributed by atoms with E-state index < -0.39 is 0 Å². The zero-order valence-electron chi connectivity index (χ0n) is 15.6. The molecule has 1 saturated heterocycles. The first kappa shape index (κ1) is 21.7. The number of rotatable bonds is 3. The van der Waals surface area contributed by atoms with E-state index in [0.29, 0.717) is 5.95 Å². The van der Waals surface area contributed by atoms with Gasteiger partial charge in [-0.05, 0) is 26.0 Å². The van der Waals surface area contributed by atoms with Crippen molar-refractivity contribution in [3.8, 4) is 0 Å². The van der Waals surface area contributed by atoms with Crippen LogP contribution in [0.4, 0.5) is 11.8 Å². The van der Waals surface area contributed by atoms with Crippen molar-refractivity contribution in [2.24, 2.45) is 0 Å². The van der Waals surface area contributed by atoms with Crippen LogP contribution in [0.3, 0.4) is 0 Å². The molecule has 10 heteroatoms. The molecule has 2 aromatic rings. The first-order valence-corrected chi connectivity index (χ1v) is 9.02. The molecule has 0 bridgehead atoms. The molecule has 27 heavy (non-hydrogen) atoms. The van der Waals surface area contributed by atoms with Gasteiger partial charge in [0.1, 0.15) is 5.82 Å². The summed E-state index contributed by atoms with van der Waals surface area (Å²) in [6, 6.07) is 4.25. The lowest BCUT2D eigenvalue weighted by atomic mass is 10.2. The Morgan fingerprint density at radius 1 is 1.07 bits per heavy atom. The topological polar surface area (TPSA) is 88.1 Å². The fourth-order valence-corrected chi connectivity index (χ4v) is 3.60. The van der Waals surface area contributed by atoms with E-state index in [0.717, 1.165) is 70.3 Å². The van der Waals surface area contributed by atoms with Crippen molar-refractivity contribution in [3.63, 3.8) is 0 Å². The molecule has 150 valence electrons. The Morgan fingerprint density at radius 2 is 1.85 bits per heavy atom. The van der Waals surface area contributed by atoms with Gasteiger partial charge in [-0.25, -0.2) is 4.98 Å². The van der Waals surface area contributed by atoms with Crippen molar-refractivity contribution in [2.45, 2.75) is 33.0 Å². The Bertz CT molecular complexity index is 699. The van der Waals surface area contributed by atoms with Crippen molar-refractivity contribution in [1.82, 2.24) is 30.0 Å². The van der Waals surface area contributed by atoms with E-state index in [2.05, 4.69) is 35.8 Å². The van der Waals surface area contributed by atoms with Crippen LogP contribution in [0.25, 0.3) is 0 Å². The lowest BCUT2D eigenvalue weighted by Crippen LogP contribution is -2.46. The molecule has 4 heterocycles. The molecule has 0 aromatic carbocycles. The monoisotopic (exact) mass is 414 g/mol. The number of hydrogen-bond donors (Lipinski definition) is 2. The molecule has 8 nitrogen and oxygen atoms in total. The van der Waals surface area contributed by atoms with Crippen LogP contribution in [-0.4, -0.2) is 57.4 Å². The van der Waals surface area contributed by atoms with Gasteiger partial charge in [0.15, 0.2) is 0 Å². The molecule has 0 spiro atoms. The van der Waals surface area contributed by atoms with Gasteiger partial charge in [-0.3, -0.25) is 9.58 Å². The normalized spacial score (nSPS) is 17.4. The number of nitrogens with one attached hydrogen (secondary N) is 1. The molecule has 4 rings (SSSR count). The summed E-state index contributed by atoms with van der Waals surface area (Å²) in [5.41, 5.74) is 9.17. The molecule has 2 aliphatic heterocycles. The third-order valence-electron chi connectivity index (χ3n) is 4.88. The summed E-state index contributed by atoms with van der Waals surface area (Å²) in [5, 5.41) is 8.24. The molecule has 0 unspecified atom stereocenters. The van der Waals surface area contributed by atoms with Gasteiger partial charge in [0.05, 0.1) is 11.4 Å². The van der Waals surface area contributed by atoms with Gasteiger partial charge in [0, 0.05) is 57.6 Å². The smallest absolute Gasteiger partial charge is 0.222 e. The van der Waals surface area contributed by atoms with Crippen LogP contribution >= 0.6 is 24.8 Å². The third-order valence-corrected chi connectivity index (χ3v) is 4.88. The minimum atomic E-state index is 0. The number of aromatic nitrogens is 4. The Kier molecular flexibility index (Phi) is 7.67. The second kappa shape index (κ2) is 9.54. The van der Waals surface area contributed by atoms with E-state index in [9.17, 15) is 0 Å². The number of aryl methyl sites for hydroxylation is 2. The van der Waals surface area contributed by atoms with Crippen molar-refractivity contribution in [1.29, 1.82) is 0 Å². The van der Waals surface area contributed by atoms with Gasteiger partial charge in [0.2, 0.25) is 5.95 Å². The summed E-state index contributed by atoms with van der Waals surface area (Å²) < 4.78 is 2.16. The molecule has 2 aromatic heterocycles. The molecule has 1 fully saturated rings. The van der Waals surface area contributed by atoms with Gasteiger partial charge in [-0.1, -0.05) is 0 Å². The predicted molar refractivity (Wildman–Crippen MR) is 112 cm³/mol. The highest BCUT2D eigenvalue weighted by Gasteiger charge is 2.20. The number of anilines is 2. The highest BCUT2D eigenvalue weighted by Crippen LogP contribution is 2.17. The van der Waals surface area contributed by atoms with E-state index in [1.165, 1.54) is 11.4 Å². The molecule has 0 radical (unpaired) electrons. The number of halogens is 2. The van der Waals surface area contributed by atoms with Gasteiger partial charge < -0.3 is 16.0 Å². The summed E-state index contributed by atoms with van der Waals surface area (Å²) >= 11 is 0. The fourth-order valence-electron chi connectivity index (χ4n) is 3.60. The van der Waals surface area contributed by atoms with Crippen molar-refractivity contribution < 1.29 is 0 Å². The Labute approximate surface area is 172 Å². The van der Waals surface area contributed by atoms with E-state index in [4.69, 9.17) is 10.8 Å². The molecular weight excluding hydrogens is 387 g/mol. The number of hydrogen-bond acceptors (Lipinski definition) is 7.